The molecule has 0 spiro atoms. The molecule has 0 aliphatic rings. The molecule has 0 amide bonds. The lowest BCUT2D eigenvalue weighted by Gasteiger charge is -2.11. The number of hydrogen-bond acceptors (Lipinski definition) is 5. The zero-order valence-corrected chi connectivity index (χ0v) is 20.1. The molecule has 0 atom stereocenters. The van der Waals surface area contributed by atoms with Crippen molar-refractivity contribution >= 4 is 17.4 Å². The van der Waals surface area contributed by atoms with Crippen molar-refractivity contribution in [1.82, 2.24) is 25.0 Å². The highest BCUT2D eigenvalue weighted by molar-refractivity contribution is 6.35. The van der Waals surface area contributed by atoms with Crippen LogP contribution in [0, 0.1) is 13.8 Å². The highest BCUT2D eigenvalue weighted by Gasteiger charge is 2.24. The number of hydrogen-bond donors (Lipinski definition) is 0. The van der Waals surface area contributed by atoms with Crippen molar-refractivity contribution in [2.45, 2.75) is 20.4 Å². The van der Waals surface area contributed by atoms with Crippen LogP contribution in [0.5, 0.6) is 0 Å². The zero-order chi connectivity index (χ0) is 24.4. The van der Waals surface area contributed by atoms with Gasteiger partial charge in [0.05, 0.1) is 17.1 Å². The van der Waals surface area contributed by atoms with Crippen LogP contribution in [0.2, 0.25) is 5.02 Å². The van der Waals surface area contributed by atoms with Gasteiger partial charge in [0.2, 0.25) is 0 Å². The van der Waals surface area contributed by atoms with E-state index in [1.807, 2.05) is 16.8 Å². The average Bonchev–Trinajstić information content (AvgIpc) is 3.27. The van der Waals surface area contributed by atoms with Crippen molar-refractivity contribution in [2.24, 2.45) is 0 Å². The summed E-state index contributed by atoms with van der Waals surface area (Å²) in [7, 11) is 0. The van der Waals surface area contributed by atoms with Crippen LogP contribution in [0.25, 0.3) is 22.6 Å². The number of aromatic nitrogens is 5. The molecule has 0 aliphatic heterocycles. The molecule has 0 fully saturated rings. The Balaban J connectivity index is 1.67. The van der Waals surface area contributed by atoms with Gasteiger partial charge >= 0.3 is 0 Å². The van der Waals surface area contributed by atoms with Crippen molar-refractivity contribution in [2.75, 3.05) is 0 Å². The third-order valence-electron chi connectivity index (χ3n) is 5.68. The van der Waals surface area contributed by atoms with Gasteiger partial charge in [-0.25, -0.2) is 4.68 Å². The van der Waals surface area contributed by atoms with Crippen molar-refractivity contribution in [3.63, 3.8) is 0 Å². The van der Waals surface area contributed by atoms with Gasteiger partial charge in [0.15, 0.2) is 5.78 Å². The Morgan fingerprint density at radius 3 is 2.37 bits per heavy atom. The van der Waals surface area contributed by atoms with Crippen LogP contribution in [0.3, 0.4) is 0 Å². The van der Waals surface area contributed by atoms with Crippen molar-refractivity contribution in [3.8, 4) is 22.6 Å². The summed E-state index contributed by atoms with van der Waals surface area (Å²) >= 11 is 6.33. The van der Waals surface area contributed by atoms with Crippen LogP contribution in [-0.4, -0.2) is 30.7 Å². The number of rotatable bonds is 6. The van der Waals surface area contributed by atoms with E-state index in [0.717, 1.165) is 16.8 Å². The number of aryl methyl sites for hydroxylation is 2. The van der Waals surface area contributed by atoms with Crippen LogP contribution in [0.4, 0.5) is 0 Å². The number of pyridine rings is 2. The van der Waals surface area contributed by atoms with E-state index < -0.39 is 0 Å². The second-order valence-corrected chi connectivity index (χ2v) is 8.80. The molecule has 0 aliphatic carbocycles. The molecule has 0 saturated carbocycles. The Labute approximate surface area is 208 Å². The second-order valence-electron chi connectivity index (χ2n) is 8.39. The molecular formula is C28H22ClN5O. The molecule has 0 bridgehead atoms. The van der Waals surface area contributed by atoms with E-state index in [0.29, 0.717) is 34.1 Å². The molecule has 0 radical (unpaired) electrons. The van der Waals surface area contributed by atoms with Crippen LogP contribution >= 0.6 is 11.6 Å². The topological polar surface area (TPSA) is 73.6 Å². The number of ketones is 1. The molecule has 35 heavy (non-hydrogen) atoms. The molecule has 5 rings (SSSR count). The van der Waals surface area contributed by atoms with Crippen molar-refractivity contribution in [3.05, 3.63) is 118 Å². The van der Waals surface area contributed by atoms with Crippen LogP contribution in [0.15, 0.2) is 85.3 Å². The monoisotopic (exact) mass is 479 g/mol. The smallest absolute Gasteiger partial charge is 0.196 e. The van der Waals surface area contributed by atoms with Gasteiger partial charge in [0.1, 0.15) is 17.1 Å². The average molecular weight is 480 g/mol. The standard InChI is InChI=1S/C28H22ClN5O/c1-18-13-19(2)15-20(14-18)17-34-27(21-7-5-11-30-16-21)26(32-33-34)25-23(9-6-12-31-25)28(35)22-8-3-4-10-24(22)29/h3-16H,17H2,1-2H3. The van der Waals surface area contributed by atoms with Gasteiger partial charge in [-0.05, 0) is 55.8 Å². The van der Waals surface area contributed by atoms with Gasteiger partial charge in [0.25, 0.3) is 0 Å². The van der Waals surface area contributed by atoms with E-state index in [9.17, 15) is 4.79 Å². The van der Waals surface area contributed by atoms with Crippen LogP contribution in [0.1, 0.15) is 32.6 Å². The van der Waals surface area contributed by atoms with Crippen molar-refractivity contribution in [1.29, 1.82) is 0 Å². The number of nitrogens with zero attached hydrogens (tertiary/aromatic N) is 5. The minimum atomic E-state index is -0.223. The summed E-state index contributed by atoms with van der Waals surface area (Å²) in [6, 6.07) is 20.7. The lowest BCUT2D eigenvalue weighted by molar-refractivity contribution is 0.103. The first-order chi connectivity index (χ1) is 17.0. The van der Waals surface area contributed by atoms with E-state index in [4.69, 9.17) is 11.6 Å². The summed E-state index contributed by atoms with van der Waals surface area (Å²) in [4.78, 5) is 22.3. The minimum absolute atomic E-state index is 0.223. The number of carbonyl (C=O) groups is 1. The fourth-order valence-corrected chi connectivity index (χ4v) is 4.49. The molecule has 3 heterocycles. The third kappa shape index (κ3) is 4.61. The molecule has 0 N–H and O–H groups in total. The molecule has 5 aromatic rings. The lowest BCUT2D eigenvalue weighted by Crippen LogP contribution is -2.07. The Hall–Kier alpha value is -4.16. The fourth-order valence-electron chi connectivity index (χ4n) is 4.27. The first kappa shape index (κ1) is 22.6. The summed E-state index contributed by atoms with van der Waals surface area (Å²) in [5, 5.41) is 9.36. The molecule has 0 saturated heterocycles. The Morgan fingerprint density at radius 1 is 0.886 bits per heavy atom. The maximum atomic E-state index is 13.5. The van der Waals surface area contributed by atoms with Gasteiger partial charge in [-0.3, -0.25) is 14.8 Å². The predicted molar refractivity (Wildman–Crippen MR) is 136 cm³/mol. The van der Waals surface area contributed by atoms with Crippen LogP contribution < -0.4 is 0 Å². The number of benzene rings is 2. The predicted octanol–water partition coefficient (Wildman–Crippen LogP) is 5.95. The van der Waals surface area contributed by atoms with Crippen molar-refractivity contribution < 1.29 is 4.79 Å². The van der Waals surface area contributed by atoms with E-state index in [1.165, 1.54) is 11.1 Å². The molecule has 2 aromatic carbocycles. The molecule has 6 nitrogen and oxygen atoms in total. The van der Waals surface area contributed by atoms with E-state index >= 15 is 0 Å². The van der Waals surface area contributed by atoms with Gasteiger partial charge in [-0.2, -0.15) is 0 Å². The van der Waals surface area contributed by atoms with E-state index in [2.05, 4.69) is 52.3 Å². The SMILES string of the molecule is Cc1cc(C)cc(Cn2nnc(-c3ncccc3C(=O)c3ccccc3Cl)c2-c2cccnc2)c1. The maximum absolute atomic E-state index is 13.5. The fraction of sp³-hybridized carbons (Fsp3) is 0.107. The summed E-state index contributed by atoms with van der Waals surface area (Å²) in [5.41, 5.74) is 6.82. The Morgan fingerprint density at radius 2 is 1.63 bits per heavy atom. The van der Waals surface area contributed by atoms with Gasteiger partial charge in [-0.1, -0.05) is 58.3 Å². The quantitative estimate of drug-likeness (QED) is 0.281. The molecule has 172 valence electrons. The third-order valence-corrected chi connectivity index (χ3v) is 6.01. The summed E-state index contributed by atoms with van der Waals surface area (Å²) < 4.78 is 1.83. The van der Waals surface area contributed by atoms with Gasteiger partial charge in [-0.15, -0.1) is 5.10 Å². The summed E-state index contributed by atoms with van der Waals surface area (Å²) in [6.07, 6.45) is 5.13. The molecule has 7 heteroatoms. The highest BCUT2D eigenvalue weighted by atomic mass is 35.5. The molecule has 0 unspecified atom stereocenters. The normalized spacial score (nSPS) is 10.9. The van der Waals surface area contributed by atoms with E-state index in [-0.39, 0.29) is 5.78 Å². The second kappa shape index (κ2) is 9.60. The zero-order valence-electron chi connectivity index (χ0n) is 19.3. The first-order valence-electron chi connectivity index (χ1n) is 11.2. The Bertz CT molecular complexity index is 1510. The highest BCUT2D eigenvalue weighted by Crippen LogP contribution is 2.33. The molecular weight excluding hydrogens is 458 g/mol. The number of carbonyl (C=O) groups excluding carboxylic acids is 1. The lowest BCUT2D eigenvalue weighted by atomic mass is 9.98. The maximum Gasteiger partial charge on any atom is 0.196 e. The Kier molecular flexibility index (Phi) is 6.21. The van der Waals surface area contributed by atoms with E-state index in [1.54, 1.807) is 55.0 Å². The largest absolute Gasteiger partial charge is 0.288 e. The summed E-state index contributed by atoms with van der Waals surface area (Å²) in [6.45, 7) is 4.66. The summed E-state index contributed by atoms with van der Waals surface area (Å²) in [5.74, 6) is -0.223. The van der Waals surface area contributed by atoms with Gasteiger partial charge in [0, 0.05) is 29.7 Å². The number of halogens is 1. The molecule has 3 aromatic heterocycles. The first-order valence-corrected chi connectivity index (χ1v) is 11.5. The van der Waals surface area contributed by atoms with Crippen LogP contribution in [-0.2, 0) is 6.54 Å². The minimum Gasteiger partial charge on any atom is -0.288 e. The van der Waals surface area contributed by atoms with Gasteiger partial charge < -0.3 is 0 Å².